The molecule has 1 heterocycles. The Morgan fingerprint density at radius 1 is 1.29 bits per heavy atom. The van der Waals surface area contributed by atoms with Crippen molar-refractivity contribution in [2.75, 3.05) is 6.61 Å². The van der Waals surface area contributed by atoms with E-state index in [1.165, 1.54) is 6.20 Å². The molecule has 0 aliphatic carbocycles. The van der Waals surface area contributed by atoms with Crippen LogP contribution in [-0.2, 0) is 0 Å². The van der Waals surface area contributed by atoms with Crippen molar-refractivity contribution in [2.24, 2.45) is 0 Å². The predicted molar refractivity (Wildman–Crippen MR) is 84.1 cm³/mol. The summed E-state index contributed by atoms with van der Waals surface area (Å²) in [5.74, 6) is 0.592. The lowest BCUT2D eigenvalue weighted by molar-refractivity contribution is 0.0734. The molecule has 0 fully saturated rings. The number of ether oxygens (including phenoxy) is 2. The topological polar surface area (TPSA) is 48.4 Å². The van der Waals surface area contributed by atoms with E-state index < -0.39 is 5.97 Å². The fraction of sp³-hybridized carbons (Fsp3) is 0.200. The lowest BCUT2D eigenvalue weighted by Crippen LogP contribution is -2.10. The Balaban J connectivity index is 2.07. The third-order valence-electron chi connectivity index (χ3n) is 2.53. The quantitative estimate of drug-likeness (QED) is 0.441. The zero-order chi connectivity index (χ0) is 15.2. The number of rotatable bonds is 5. The molecule has 0 aliphatic rings. The molecule has 1 aromatic heterocycles. The van der Waals surface area contributed by atoms with E-state index in [2.05, 4.69) is 20.9 Å². The monoisotopic (exact) mass is 369 g/mol. The fourth-order valence-corrected chi connectivity index (χ4v) is 2.06. The van der Waals surface area contributed by atoms with E-state index in [1.807, 2.05) is 6.92 Å². The van der Waals surface area contributed by atoms with Gasteiger partial charge in [-0.15, -0.1) is 0 Å². The molecule has 4 nitrogen and oxygen atoms in total. The number of esters is 1. The van der Waals surface area contributed by atoms with E-state index in [0.29, 0.717) is 16.8 Å². The number of hydrogen-bond acceptors (Lipinski definition) is 4. The molecule has 6 heteroatoms. The van der Waals surface area contributed by atoms with E-state index >= 15 is 0 Å². The summed E-state index contributed by atoms with van der Waals surface area (Å²) in [5, 5.41) is 0.103. The largest absolute Gasteiger partial charge is 0.494 e. The van der Waals surface area contributed by atoms with Gasteiger partial charge in [-0.2, -0.15) is 0 Å². The molecule has 0 atom stereocenters. The minimum absolute atomic E-state index is 0.103. The van der Waals surface area contributed by atoms with E-state index in [-0.39, 0.29) is 10.7 Å². The minimum Gasteiger partial charge on any atom is -0.494 e. The van der Waals surface area contributed by atoms with Gasteiger partial charge in [-0.25, -0.2) is 9.78 Å². The summed E-state index contributed by atoms with van der Waals surface area (Å²) in [7, 11) is 0. The Hall–Kier alpha value is -1.59. The molecule has 0 saturated heterocycles. The van der Waals surface area contributed by atoms with E-state index in [0.717, 1.165) is 12.2 Å². The summed E-state index contributed by atoms with van der Waals surface area (Å²) in [6.45, 7) is 2.68. The summed E-state index contributed by atoms with van der Waals surface area (Å²) in [5.41, 5.74) is 0.206. The van der Waals surface area contributed by atoms with Gasteiger partial charge in [0.05, 0.1) is 12.2 Å². The van der Waals surface area contributed by atoms with Gasteiger partial charge in [0.2, 0.25) is 0 Å². The molecule has 0 aliphatic heterocycles. The van der Waals surface area contributed by atoms with Crippen LogP contribution in [0.2, 0.25) is 5.15 Å². The van der Waals surface area contributed by atoms with Crippen LogP contribution in [0.4, 0.5) is 0 Å². The third kappa shape index (κ3) is 4.44. The van der Waals surface area contributed by atoms with Crippen molar-refractivity contribution in [1.29, 1.82) is 0 Å². The van der Waals surface area contributed by atoms with Crippen LogP contribution in [0.25, 0.3) is 0 Å². The fourth-order valence-electron chi connectivity index (χ4n) is 1.55. The minimum atomic E-state index is -0.559. The normalized spacial score (nSPS) is 10.2. The lowest BCUT2D eigenvalue weighted by Gasteiger charge is -2.07. The lowest BCUT2D eigenvalue weighted by atomic mass is 10.3. The van der Waals surface area contributed by atoms with Gasteiger partial charge in [0.15, 0.2) is 0 Å². The van der Waals surface area contributed by atoms with Crippen molar-refractivity contribution in [1.82, 2.24) is 4.98 Å². The van der Waals surface area contributed by atoms with Crippen LogP contribution in [0.3, 0.4) is 0 Å². The van der Waals surface area contributed by atoms with Crippen LogP contribution >= 0.6 is 27.5 Å². The predicted octanol–water partition coefficient (Wildman–Crippen LogP) is 4.51. The number of aromatic nitrogens is 1. The van der Waals surface area contributed by atoms with Gasteiger partial charge in [-0.3, -0.25) is 0 Å². The number of pyridine rings is 1. The molecule has 0 bridgehead atoms. The summed E-state index contributed by atoms with van der Waals surface area (Å²) in [6.07, 6.45) is 2.45. The second kappa shape index (κ2) is 7.43. The van der Waals surface area contributed by atoms with Crippen LogP contribution in [0.1, 0.15) is 23.7 Å². The van der Waals surface area contributed by atoms with Crippen molar-refractivity contribution >= 4 is 33.5 Å². The van der Waals surface area contributed by atoms with Gasteiger partial charge in [0, 0.05) is 10.7 Å². The second-order valence-electron chi connectivity index (χ2n) is 4.20. The summed E-state index contributed by atoms with van der Waals surface area (Å²) < 4.78 is 11.4. The maximum absolute atomic E-state index is 12.0. The molecule has 110 valence electrons. The summed E-state index contributed by atoms with van der Waals surface area (Å²) >= 11 is 9.13. The second-order valence-corrected chi connectivity index (χ2v) is 5.47. The number of nitrogens with zero attached hydrogens (tertiary/aromatic N) is 1. The van der Waals surface area contributed by atoms with Crippen molar-refractivity contribution in [3.8, 4) is 11.5 Å². The highest BCUT2D eigenvalue weighted by molar-refractivity contribution is 9.10. The highest BCUT2D eigenvalue weighted by atomic mass is 79.9. The van der Waals surface area contributed by atoms with Crippen molar-refractivity contribution in [3.63, 3.8) is 0 Å². The van der Waals surface area contributed by atoms with Gasteiger partial charge in [-0.1, -0.05) is 18.5 Å². The number of benzene rings is 1. The first-order valence-electron chi connectivity index (χ1n) is 6.36. The summed E-state index contributed by atoms with van der Waals surface area (Å²) in [4.78, 5) is 15.9. The van der Waals surface area contributed by atoms with Crippen molar-refractivity contribution in [3.05, 3.63) is 51.7 Å². The highest BCUT2D eigenvalue weighted by Crippen LogP contribution is 2.22. The Bertz CT molecular complexity index is 631. The first kappa shape index (κ1) is 15.8. The molecule has 0 spiro atoms. The number of hydrogen-bond donors (Lipinski definition) is 0. The van der Waals surface area contributed by atoms with Gasteiger partial charge < -0.3 is 9.47 Å². The first-order chi connectivity index (χ1) is 10.1. The summed E-state index contributed by atoms with van der Waals surface area (Å²) in [6, 6.07) is 8.40. The van der Waals surface area contributed by atoms with Crippen molar-refractivity contribution < 1.29 is 14.3 Å². The molecule has 21 heavy (non-hydrogen) atoms. The SMILES string of the molecule is CCCOc1ccc(OC(=O)c2cc(Br)cnc2Cl)cc1. The van der Waals surface area contributed by atoms with E-state index in [9.17, 15) is 4.79 Å². The zero-order valence-electron chi connectivity index (χ0n) is 11.3. The average Bonchev–Trinajstić information content (AvgIpc) is 2.49. The van der Waals surface area contributed by atoms with E-state index in [4.69, 9.17) is 21.1 Å². The van der Waals surface area contributed by atoms with Crippen LogP contribution in [0.15, 0.2) is 41.0 Å². The molecule has 2 aromatic rings. The number of carbonyl (C=O) groups is 1. The van der Waals surface area contributed by atoms with Crippen molar-refractivity contribution in [2.45, 2.75) is 13.3 Å². The Labute approximate surface area is 136 Å². The molecule has 0 N–H and O–H groups in total. The molecule has 0 amide bonds. The number of halogens is 2. The average molecular weight is 371 g/mol. The van der Waals surface area contributed by atoms with Gasteiger partial charge in [0.1, 0.15) is 16.7 Å². The van der Waals surface area contributed by atoms with Crippen LogP contribution in [0.5, 0.6) is 11.5 Å². The molecule has 0 radical (unpaired) electrons. The maximum Gasteiger partial charge on any atom is 0.346 e. The molecule has 0 saturated carbocycles. The standard InChI is InChI=1S/C15H13BrClNO3/c1-2-7-20-11-3-5-12(6-4-11)21-15(19)13-8-10(16)9-18-14(13)17/h3-6,8-9H,2,7H2,1H3. The van der Waals surface area contributed by atoms with Crippen LogP contribution < -0.4 is 9.47 Å². The highest BCUT2D eigenvalue weighted by Gasteiger charge is 2.14. The molecule has 1 aromatic carbocycles. The van der Waals surface area contributed by atoms with Gasteiger partial charge in [0.25, 0.3) is 0 Å². The maximum atomic E-state index is 12.0. The first-order valence-corrected chi connectivity index (χ1v) is 7.53. The van der Waals surface area contributed by atoms with Crippen LogP contribution in [0, 0.1) is 0 Å². The third-order valence-corrected chi connectivity index (χ3v) is 3.27. The smallest absolute Gasteiger partial charge is 0.346 e. The Morgan fingerprint density at radius 3 is 2.62 bits per heavy atom. The molecular weight excluding hydrogens is 358 g/mol. The Morgan fingerprint density at radius 2 is 1.95 bits per heavy atom. The van der Waals surface area contributed by atoms with Crippen LogP contribution in [-0.4, -0.2) is 17.6 Å². The van der Waals surface area contributed by atoms with Gasteiger partial charge in [-0.05, 0) is 52.7 Å². The van der Waals surface area contributed by atoms with Gasteiger partial charge >= 0.3 is 5.97 Å². The number of carbonyl (C=O) groups excluding carboxylic acids is 1. The molecule has 0 unspecified atom stereocenters. The zero-order valence-corrected chi connectivity index (χ0v) is 13.6. The Kier molecular flexibility index (Phi) is 5.59. The van der Waals surface area contributed by atoms with E-state index in [1.54, 1.807) is 30.3 Å². The molecule has 2 rings (SSSR count). The molecular formula is C15H13BrClNO3.